The summed E-state index contributed by atoms with van der Waals surface area (Å²) in [6, 6.07) is 11.7. The summed E-state index contributed by atoms with van der Waals surface area (Å²) >= 11 is 0. The number of nitrogens with one attached hydrogen (secondary N) is 1. The van der Waals surface area contributed by atoms with Gasteiger partial charge in [-0.2, -0.15) is 0 Å². The normalized spacial score (nSPS) is 11.1. The highest BCUT2D eigenvalue weighted by Gasteiger charge is 2.09. The van der Waals surface area contributed by atoms with E-state index in [1.807, 2.05) is 25.1 Å². The van der Waals surface area contributed by atoms with Gasteiger partial charge in [0.05, 0.1) is 18.4 Å². The largest absolute Gasteiger partial charge is 0.496 e. The van der Waals surface area contributed by atoms with Crippen molar-refractivity contribution in [2.75, 3.05) is 18.7 Å². The summed E-state index contributed by atoms with van der Waals surface area (Å²) in [6.45, 7) is 1.92. The molecule has 0 fully saturated rings. The number of hydrogen-bond donors (Lipinski definition) is 1. The van der Waals surface area contributed by atoms with E-state index in [1.54, 1.807) is 19.2 Å². The first-order chi connectivity index (χ1) is 10.8. The molecule has 0 aliphatic heterocycles. The highest BCUT2D eigenvalue weighted by molar-refractivity contribution is 7.90. The lowest BCUT2D eigenvalue weighted by molar-refractivity contribution is -0.115. The lowest BCUT2D eigenvalue weighted by atomic mass is 10.1. The summed E-state index contributed by atoms with van der Waals surface area (Å²) in [4.78, 5) is 12.3. The van der Waals surface area contributed by atoms with Crippen LogP contribution in [0.5, 0.6) is 5.75 Å². The molecule has 0 saturated heterocycles. The van der Waals surface area contributed by atoms with E-state index < -0.39 is 9.84 Å². The van der Waals surface area contributed by atoms with Crippen molar-refractivity contribution in [1.29, 1.82) is 0 Å². The number of benzene rings is 2. The zero-order valence-electron chi connectivity index (χ0n) is 13.3. The van der Waals surface area contributed by atoms with Crippen LogP contribution >= 0.6 is 0 Å². The second kappa shape index (κ2) is 6.83. The number of carbonyl (C=O) groups excluding carboxylic acids is 1. The average molecular weight is 333 g/mol. The van der Waals surface area contributed by atoms with Crippen LogP contribution < -0.4 is 10.1 Å². The predicted molar refractivity (Wildman–Crippen MR) is 89.6 cm³/mol. The molecule has 0 radical (unpaired) electrons. The Balaban J connectivity index is 2.03. The quantitative estimate of drug-likeness (QED) is 0.913. The van der Waals surface area contributed by atoms with Crippen molar-refractivity contribution in [2.45, 2.75) is 18.2 Å². The van der Waals surface area contributed by atoms with Gasteiger partial charge in [0, 0.05) is 11.9 Å². The molecule has 1 N–H and O–H groups in total. The van der Waals surface area contributed by atoms with Crippen molar-refractivity contribution in [3.8, 4) is 5.75 Å². The van der Waals surface area contributed by atoms with Crippen LogP contribution in [0.2, 0.25) is 0 Å². The molecule has 0 atom stereocenters. The molecule has 6 heteroatoms. The second-order valence-corrected chi connectivity index (χ2v) is 7.34. The van der Waals surface area contributed by atoms with E-state index in [0.717, 1.165) is 23.1 Å². The molecule has 0 bridgehead atoms. The van der Waals surface area contributed by atoms with Gasteiger partial charge in [0.15, 0.2) is 9.84 Å². The third-order valence-electron chi connectivity index (χ3n) is 3.39. The van der Waals surface area contributed by atoms with Gasteiger partial charge in [-0.1, -0.05) is 12.1 Å². The van der Waals surface area contributed by atoms with E-state index in [1.165, 1.54) is 12.1 Å². The minimum atomic E-state index is -3.23. The molecule has 0 aliphatic carbocycles. The number of hydrogen-bond acceptors (Lipinski definition) is 4. The fourth-order valence-electron chi connectivity index (χ4n) is 2.23. The maximum atomic E-state index is 12.1. The number of amides is 1. The summed E-state index contributed by atoms with van der Waals surface area (Å²) < 4.78 is 28.0. The summed E-state index contributed by atoms with van der Waals surface area (Å²) in [5, 5.41) is 2.75. The van der Waals surface area contributed by atoms with Gasteiger partial charge in [-0.05, 0) is 48.4 Å². The van der Waals surface area contributed by atoms with Crippen molar-refractivity contribution in [3.63, 3.8) is 0 Å². The molecule has 0 aromatic heterocycles. The summed E-state index contributed by atoms with van der Waals surface area (Å²) in [6.07, 6.45) is 1.38. The van der Waals surface area contributed by atoms with Gasteiger partial charge in [-0.25, -0.2) is 8.42 Å². The van der Waals surface area contributed by atoms with Crippen LogP contribution in [0.3, 0.4) is 0 Å². The molecule has 0 aliphatic rings. The van der Waals surface area contributed by atoms with E-state index in [-0.39, 0.29) is 17.2 Å². The van der Waals surface area contributed by atoms with Gasteiger partial charge < -0.3 is 10.1 Å². The van der Waals surface area contributed by atoms with E-state index >= 15 is 0 Å². The maximum Gasteiger partial charge on any atom is 0.228 e. The van der Waals surface area contributed by atoms with Gasteiger partial charge in [-0.3, -0.25) is 4.79 Å². The van der Waals surface area contributed by atoms with Crippen LogP contribution in [0.1, 0.15) is 11.1 Å². The Labute approximate surface area is 136 Å². The first kappa shape index (κ1) is 17.0. The number of carbonyl (C=O) groups is 1. The molecule has 23 heavy (non-hydrogen) atoms. The first-order valence-electron chi connectivity index (χ1n) is 7.03. The number of ether oxygens (including phenoxy) is 1. The fourth-order valence-corrected chi connectivity index (χ4v) is 2.86. The van der Waals surface area contributed by atoms with Crippen LogP contribution in [0, 0.1) is 6.92 Å². The lowest BCUT2D eigenvalue weighted by Crippen LogP contribution is -2.14. The SMILES string of the molecule is COc1ccc(CC(=O)Nc2ccc(S(C)(=O)=O)cc2)cc1C. The number of rotatable bonds is 5. The third-order valence-corrected chi connectivity index (χ3v) is 4.52. The average Bonchev–Trinajstić information content (AvgIpc) is 2.47. The van der Waals surface area contributed by atoms with Crippen LogP contribution in [-0.2, 0) is 21.1 Å². The number of methoxy groups -OCH3 is 1. The highest BCUT2D eigenvalue weighted by Crippen LogP contribution is 2.19. The first-order valence-corrected chi connectivity index (χ1v) is 8.92. The summed E-state index contributed by atoms with van der Waals surface area (Å²) in [7, 11) is -1.63. The van der Waals surface area contributed by atoms with Crippen molar-refractivity contribution in [3.05, 3.63) is 53.6 Å². The highest BCUT2D eigenvalue weighted by atomic mass is 32.2. The van der Waals surface area contributed by atoms with E-state index in [2.05, 4.69) is 5.32 Å². The van der Waals surface area contributed by atoms with Crippen molar-refractivity contribution in [2.24, 2.45) is 0 Å². The predicted octanol–water partition coefficient (Wildman–Crippen LogP) is 2.59. The van der Waals surface area contributed by atoms with Gasteiger partial charge in [0.2, 0.25) is 5.91 Å². The Morgan fingerprint density at radius 1 is 1.13 bits per heavy atom. The van der Waals surface area contributed by atoms with Gasteiger partial charge in [0.25, 0.3) is 0 Å². The molecule has 0 saturated carbocycles. The van der Waals surface area contributed by atoms with E-state index in [0.29, 0.717) is 5.69 Å². The lowest BCUT2D eigenvalue weighted by Gasteiger charge is -2.09. The fraction of sp³-hybridized carbons (Fsp3) is 0.235. The minimum absolute atomic E-state index is 0.165. The Morgan fingerprint density at radius 2 is 1.78 bits per heavy atom. The number of sulfone groups is 1. The monoisotopic (exact) mass is 333 g/mol. The molecule has 122 valence electrons. The van der Waals surface area contributed by atoms with Crippen LogP contribution in [0.25, 0.3) is 0 Å². The van der Waals surface area contributed by atoms with Crippen molar-refractivity contribution < 1.29 is 17.9 Å². The Bertz CT molecular complexity index is 811. The molecule has 0 spiro atoms. The maximum absolute atomic E-state index is 12.1. The molecular weight excluding hydrogens is 314 g/mol. The third kappa shape index (κ3) is 4.56. The molecule has 2 rings (SSSR count). The number of aryl methyl sites for hydroxylation is 1. The van der Waals surface area contributed by atoms with Gasteiger partial charge >= 0.3 is 0 Å². The van der Waals surface area contributed by atoms with E-state index in [9.17, 15) is 13.2 Å². The zero-order chi connectivity index (χ0) is 17.0. The molecule has 5 nitrogen and oxygen atoms in total. The standard InChI is InChI=1S/C17H19NO4S/c1-12-10-13(4-9-16(12)22-2)11-17(19)18-14-5-7-15(8-6-14)23(3,20)21/h4-10H,11H2,1-3H3,(H,18,19). The number of anilines is 1. The van der Waals surface area contributed by atoms with Crippen molar-refractivity contribution >= 4 is 21.4 Å². The Hall–Kier alpha value is -2.34. The molecule has 0 unspecified atom stereocenters. The minimum Gasteiger partial charge on any atom is -0.496 e. The summed E-state index contributed by atoms with van der Waals surface area (Å²) in [5.74, 6) is 0.618. The Kier molecular flexibility index (Phi) is 5.05. The summed E-state index contributed by atoms with van der Waals surface area (Å²) in [5.41, 5.74) is 2.41. The topological polar surface area (TPSA) is 72.5 Å². The van der Waals surface area contributed by atoms with E-state index in [4.69, 9.17) is 4.74 Å². The van der Waals surface area contributed by atoms with Crippen molar-refractivity contribution in [1.82, 2.24) is 0 Å². The molecule has 1 amide bonds. The molecule has 2 aromatic rings. The van der Waals surface area contributed by atoms with Gasteiger partial charge in [0.1, 0.15) is 5.75 Å². The zero-order valence-corrected chi connectivity index (χ0v) is 14.1. The van der Waals surface area contributed by atoms with Crippen LogP contribution in [0.4, 0.5) is 5.69 Å². The molecule has 2 aromatic carbocycles. The van der Waals surface area contributed by atoms with Gasteiger partial charge in [-0.15, -0.1) is 0 Å². The Morgan fingerprint density at radius 3 is 2.30 bits per heavy atom. The van der Waals surface area contributed by atoms with Crippen LogP contribution in [-0.4, -0.2) is 27.7 Å². The molecular formula is C17H19NO4S. The second-order valence-electron chi connectivity index (χ2n) is 5.33. The molecule has 0 heterocycles. The smallest absolute Gasteiger partial charge is 0.228 e. The van der Waals surface area contributed by atoms with Crippen LogP contribution in [0.15, 0.2) is 47.4 Å².